The molecule has 2 unspecified atom stereocenters. The van der Waals surface area contributed by atoms with E-state index in [2.05, 4.69) is 6.07 Å². The van der Waals surface area contributed by atoms with E-state index in [1.165, 1.54) is 5.56 Å². The number of ether oxygens (including phenoxy) is 1. The van der Waals surface area contributed by atoms with Crippen LogP contribution in [0.3, 0.4) is 0 Å². The Morgan fingerprint density at radius 2 is 2.26 bits per heavy atom. The molecular weight excluding hydrogens is 262 g/mol. The Hall–Kier alpha value is -1.07. The number of para-hydroxylation sites is 1. The summed E-state index contributed by atoms with van der Waals surface area (Å²) in [7, 11) is -2.82. The van der Waals surface area contributed by atoms with Gasteiger partial charge in [0.1, 0.15) is 5.75 Å². The number of nitrogens with two attached hydrogens (primary N) is 1. The van der Waals surface area contributed by atoms with Gasteiger partial charge in [0.15, 0.2) is 9.84 Å². The third-order valence-electron chi connectivity index (χ3n) is 4.06. The lowest BCUT2D eigenvalue weighted by Gasteiger charge is -2.18. The third kappa shape index (κ3) is 2.62. The maximum absolute atomic E-state index is 11.5. The van der Waals surface area contributed by atoms with Crippen molar-refractivity contribution in [2.45, 2.75) is 25.3 Å². The molecule has 0 aliphatic carbocycles. The minimum absolute atomic E-state index is 0.133. The minimum Gasteiger partial charge on any atom is -0.493 e. The van der Waals surface area contributed by atoms with E-state index in [1.54, 1.807) is 0 Å². The molecule has 4 nitrogen and oxygen atoms in total. The number of sulfone groups is 1. The van der Waals surface area contributed by atoms with Gasteiger partial charge in [0.25, 0.3) is 0 Å². The third-order valence-corrected chi connectivity index (χ3v) is 5.90. The van der Waals surface area contributed by atoms with Gasteiger partial charge >= 0.3 is 0 Å². The number of rotatable bonds is 3. The molecule has 0 spiro atoms. The molecule has 2 heterocycles. The summed E-state index contributed by atoms with van der Waals surface area (Å²) < 4.78 is 28.6. The van der Waals surface area contributed by atoms with Gasteiger partial charge in [-0.05, 0) is 24.3 Å². The highest BCUT2D eigenvalue weighted by Gasteiger charge is 2.30. The molecule has 2 N–H and O–H groups in total. The predicted molar refractivity (Wildman–Crippen MR) is 73.9 cm³/mol. The zero-order chi connectivity index (χ0) is 13.5. The molecule has 2 atom stereocenters. The molecule has 104 valence electrons. The van der Waals surface area contributed by atoms with Crippen molar-refractivity contribution in [3.8, 4) is 5.75 Å². The van der Waals surface area contributed by atoms with Gasteiger partial charge in [0.2, 0.25) is 0 Å². The van der Waals surface area contributed by atoms with Crippen molar-refractivity contribution in [1.82, 2.24) is 0 Å². The van der Waals surface area contributed by atoms with Crippen LogP contribution in [0.1, 0.15) is 30.0 Å². The highest BCUT2D eigenvalue weighted by molar-refractivity contribution is 7.91. The van der Waals surface area contributed by atoms with Gasteiger partial charge in [-0.3, -0.25) is 0 Å². The number of hydrogen-bond donors (Lipinski definition) is 1. The average Bonchev–Trinajstić information content (AvgIpc) is 2.94. The maximum Gasteiger partial charge on any atom is 0.150 e. The summed E-state index contributed by atoms with van der Waals surface area (Å²) in [6.07, 6.45) is 2.40. The summed E-state index contributed by atoms with van der Waals surface area (Å²) in [5.41, 5.74) is 8.50. The zero-order valence-electron chi connectivity index (χ0n) is 10.8. The van der Waals surface area contributed by atoms with Crippen molar-refractivity contribution in [2.24, 2.45) is 11.7 Å². The lowest BCUT2D eigenvalue weighted by Crippen LogP contribution is -2.17. The standard InChI is InChI=1S/C14H19NO3S/c15-13(8-10-5-7-19(16,17)9-10)12-3-1-2-11-4-6-18-14(11)12/h1-3,10,13H,4-9,15H2. The SMILES string of the molecule is NC(CC1CCS(=O)(=O)C1)c1cccc2c1OCC2. The second-order valence-corrected chi connectivity index (χ2v) is 7.77. The fourth-order valence-corrected chi connectivity index (χ4v) is 4.96. The Labute approximate surface area is 113 Å². The molecule has 1 aromatic carbocycles. The quantitative estimate of drug-likeness (QED) is 0.910. The Morgan fingerprint density at radius 1 is 1.42 bits per heavy atom. The molecule has 2 aliphatic heterocycles. The molecular formula is C14H19NO3S. The van der Waals surface area contributed by atoms with Crippen LogP contribution < -0.4 is 10.5 Å². The first-order chi connectivity index (χ1) is 9.05. The van der Waals surface area contributed by atoms with Crippen LogP contribution in [0.15, 0.2) is 18.2 Å². The van der Waals surface area contributed by atoms with Gasteiger partial charge in [-0.25, -0.2) is 8.42 Å². The van der Waals surface area contributed by atoms with E-state index in [0.717, 1.165) is 37.2 Å². The molecule has 2 aliphatic rings. The fourth-order valence-electron chi connectivity index (χ4n) is 3.08. The summed E-state index contributed by atoms with van der Waals surface area (Å²) in [6.45, 7) is 0.719. The van der Waals surface area contributed by atoms with Gasteiger partial charge in [0, 0.05) is 18.0 Å². The summed E-state index contributed by atoms with van der Waals surface area (Å²) >= 11 is 0. The number of benzene rings is 1. The Bertz CT molecular complexity index is 582. The van der Waals surface area contributed by atoms with Crippen LogP contribution in [0.5, 0.6) is 5.75 Å². The molecule has 3 rings (SSSR count). The van der Waals surface area contributed by atoms with E-state index >= 15 is 0 Å². The van der Waals surface area contributed by atoms with E-state index in [1.807, 2.05) is 12.1 Å². The molecule has 5 heteroatoms. The van der Waals surface area contributed by atoms with Crippen LogP contribution in [0.25, 0.3) is 0 Å². The largest absolute Gasteiger partial charge is 0.493 e. The summed E-state index contributed by atoms with van der Waals surface area (Å²) in [4.78, 5) is 0. The monoisotopic (exact) mass is 281 g/mol. The smallest absolute Gasteiger partial charge is 0.150 e. The number of hydrogen-bond acceptors (Lipinski definition) is 4. The van der Waals surface area contributed by atoms with Crippen molar-refractivity contribution >= 4 is 9.84 Å². The van der Waals surface area contributed by atoms with E-state index in [0.29, 0.717) is 5.75 Å². The highest BCUT2D eigenvalue weighted by atomic mass is 32.2. The lowest BCUT2D eigenvalue weighted by molar-refractivity contribution is 0.348. The van der Waals surface area contributed by atoms with Crippen molar-refractivity contribution in [1.29, 1.82) is 0 Å². The molecule has 0 bridgehead atoms. The van der Waals surface area contributed by atoms with Crippen molar-refractivity contribution in [3.05, 3.63) is 29.3 Å². The van der Waals surface area contributed by atoms with E-state index in [9.17, 15) is 8.42 Å². The van der Waals surface area contributed by atoms with Gasteiger partial charge in [-0.2, -0.15) is 0 Å². The first kappa shape index (κ1) is 12.9. The number of fused-ring (bicyclic) bond motifs is 1. The molecule has 19 heavy (non-hydrogen) atoms. The van der Waals surface area contributed by atoms with Gasteiger partial charge in [-0.1, -0.05) is 18.2 Å². The molecule has 0 radical (unpaired) electrons. The first-order valence-electron chi connectivity index (χ1n) is 6.76. The average molecular weight is 281 g/mol. The second kappa shape index (κ2) is 4.80. The Balaban J connectivity index is 1.75. The summed E-state index contributed by atoms with van der Waals surface area (Å²) in [5, 5.41) is 0. The normalized spacial score (nSPS) is 25.8. The van der Waals surface area contributed by atoms with Gasteiger partial charge in [-0.15, -0.1) is 0 Å². The zero-order valence-corrected chi connectivity index (χ0v) is 11.7. The maximum atomic E-state index is 11.5. The lowest BCUT2D eigenvalue weighted by atomic mass is 9.93. The van der Waals surface area contributed by atoms with Crippen molar-refractivity contribution < 1.29 is 13.2 Å². The first-order valence-corrected chi connectivity index (χ1v) is 8.58. The fraction of sp³-hybridized carbons (Fsp3) is 0.571. The van der Waals surface area contributed by atoms with Gasteiger partial charge < -0.3 is 10.5 Å². The van der Waals surface area contributed by atoms with Crippen molar-refractivity contribution in [2.75, 3.05) is 18.1 Å². The van der Waals surface area contributed by atoms with Crippen LogP contribution in [0, 0.1) is 5.92 Å². The molecule has 0 aromatic heterocycles. The summed E-state index contributed by atoms with van der Waals surface area (Å²) in [6, 6.07) is 5.94. The van der Waals surface area contributed by atoms with E-state index in [4.69, 9.17) is 10.5 Å². The summed E-state index contributed by atoms with van der Waals surface area (Å²) in [5.74, 6) is 1.72. The molecule has 1 aromatic rings. The van der Waals surface area contributed by atoms with Crippen LogP contribution in [-0.2, 0) is 16.3 Å². The van der Waals surface area contributed by atoms with E-state index < -0.39 is 9.84 Å². The highest BCUT2D eigenvalue weighted by Crippen LogP contribution is 2.36. The van der Waals surface area contributed by atoms with Crippen LogP contribution >= 0.6 is 0 Å². The molecule has 0 saturated carbocycles. The Morgan fingerprint density at radius 3 is 3.00 bits per heavy atom. The Kier molecular flexibility index (Phi) is 3.27. The second-order valence-electron chi connectivity index (χ2n) is 5.55. The predicted octanol–water partition coefficient (Wildman–Crippen LogP) is 1.45. The van der Waals surface area contributed by atoms with Crippen LogP contribution in [0.2, 0.25) is 0 Å². The van der Waals surface area contributed by atoms with E-state index in [-0.39, 0.29) is 17.7 Å². The molecule has 1 saturated heterocycles. The van der Waals surface area contributed by atoms with Crippen LogP contribution in [0.4, 0.5) is 0 Å². The molecule has 1 fully saturated rings. The van der Waals surface area contributed by atoms with Gasteiger partial charge in [0.05, 0.1) is 18.1 Å². The molecule has 0 amide bonds. The topological polar surface area (TPSA) is 69.4 Å². The van der Waals surface area contributed by atoms with Crippen molar-refractivity contribution in [3.63, 3.8) is 0 Å². The minimum atomic E-state index is -2.82. The van der Waals surface area contributed by atoms with Crippen LogP contribution in [-0.4, -0.2) is 26.5 Å².